The standard InChI is InChI=1S/C13H27B/c1-3-4-8-11-14(2)12-13-9-6-5-7-10-13/h13H,3-12H2,1-2H3. The van der Waals surface area contributed by atoms with Crippen molar-refractivity contribution < 1.29 is 0 Å². The molecule has 1 saturated carbocycles. The highest BCUT2D eigenvalue weighted by Crippen LogP contribution is 2.28. The summed E-state index contributed by atoms with van der Waals surface area (Å²) in [6.45, 7) is 5.75. The van der Waals surface area contributed by atoms with Crippen LogP contribution in [0.1, 0.15) is 58.3 Å². The van der Waals surface area contributed by atoms with Gasteiger partial charge < -0.3 is 0 Å². The van der Waals surface area contributed by atoms with Crippen LogP contribution in [0.25, 0.3) is 0 Å². The molecular weight excluding hydrogens is 167 g/mol. The van der Waals surface area contributed by atoms with Gasteiger partial charge in [0.25, 0.3) is 0 Å². The third-order valence-corrected chi connectivity index (χ3v) is 3.76. The zero-order valence-electron chi connectivity index (χ0n) is 10.2. The molecule has 0 amide bonds. The fourth-order valence-corrected chi connectivity index (χ4v) is 2.85. The average Bonchev–Trinajstić information content (AvgIpc) is 2.20. The third kappa shape index (κ3) is 5.07. The Labute approximate surface area is 90.9 Å². The lowest BCUT2D eigenvalue weighted by molar-refractivity contribution is 0.383. The van der Waals surface area contributed by atoms with Gasteiger partial charge in [-0.2, -0.15) is 0 Å². The summed E-state index contributed by atoms with van der Waals surface area (Å²) < 4.78 is 0. The maximum absolute atomic E-state index is 2.46. The Kier molecular flexibility index (Phi) is 6.39. The number of unbranched alkanes of at least 4 members (excludes halogenated alkanes) is 2. The topological polar surface area (TPSA) is 0 Å². The first-order valence-corrected chi connectivity index (χ1v) is 6.83. The SMILES string of the molecule is CCCCCB(C)CC1CCCCC1. The molecule has 0 aromatic rings. The van der Waals surface area contributed by atoms with Crippen LogP contribution in [0.15, 0.2) is 0 Å². The van der Waals surface area contributed by atoms with Crippen molar-refractivity contribution in [3.63, 3.8) is 0 Å². The molecule has 82 valence electrons. The summed E-state index contributed by atoms with van der Waals surface area (Å²) in [6.07, 6.45) is 14.8. The first kappa shape index (κ1) is 12.1. The molecule has 1 fully saturated rings. The van der Waals surface area contributed by atoms with E-state index in [1.807, 2.05) is 0 Å². The van der Waals surface area contributed by atoms with E-state index < -0.39 is 0 Å². The van der Waals surface area contributed by atoms with Crippen molar-refractivity contribution in [3.05, 3.63) is 0 Å². The summed E-state index contributed by atoms with van der Waals surface area (Å²) >= 11 is 0. The van der Waals surface area contributed by atoms with E-state index in [2.05, 4.69) is 13.7 Å². The van der Waals surface area contributed by atoms with Crippen LogP contribution < -0.4 is 0 Å². The van der Waals surface area contributed by atoms with Crippen molar-refractivity contribution in [2.75, 3.05) is 0 Å². The second-order valence-electron chi connectivity index (χ2n) is 5.34. The van der Waals surface area contributed by atoms with Gasteiger partial charge in [0.05, 0.1) is 0 Å². The Balaban J connectivity index is 2.03. The lowest BCUT2D eigenvalue weighted by Crippen LogP contribution is -2.15. The predicted octanol–water partition coefficient (Wildman–Crippen LogP) is 4.88. The van der Waals surface area contributed by atoms with Gasteiger partial charge in [0.1, 0.15) is 6.71 Å². The van der Waals surface area contributed by atoms with Crippen LogP contribution in [0.4, 0.5) is 0 Å². The first-order valence-electron chi connectivity index (χ1n) is 6.83. The molecule has 14 heavy (non-hydrogen) atoms. The van der Waals surface area contributed by atoms with E-state index in [0.29, 0.717) is 0 Å². The van der Waals surface area contributed by atoms with Gasteiger partial charge in [-0.3, -0.25) is 0 Å². The van der Waals surface area contributed by atoms with Crippen molar-refractivity contribution in [2.24, 2.45) is 5.92 Å². The lowest BCUT2D eigenvalue weighted by Gasteiger charge is -2.23. The van der Waals surface area contributed by atoms with Gasteiger partial charge in [-0.05, 0) is 5.92 Å². The highest BCUT2D eigenvalue weighted by Gasteiger charge is 2.17. The number of rotatable bonds is 6. The summed E-state index contributed by atoms with van der Waals surface area (Å²) in [6, 6.07) is 0. The number of hydrogen-bond donors (Lipinski definition) is 0. The second-order valence-corrected chi connectivity index (χ2v) is 5.34. The summed E-state index contributed by atoms with van der Waals surface area (Å²) in [5.41, 5.74) is 0. The van der Waals surface area contributed by atoms with Crippen LogP contribution in [0, 0.1) is 5.92 Å². The highest BCUT2D eigenvalue weighted by molar-refractivity contribution is 6.57. The van der Waals surface area contributed by atoms with Crippen molar-refractivity contribution in [2.45, 2.75) is 77.8 Å². The van der Waals surface area contributed by atoms with Crippen molar-refractivity contribution in [3.8, 4) is 0 Å². The fraction of sp³-hybridized carbons (Fsp3) is 1.00. The van der Waals surface area contributed by atoms with E-state index in [9.17, 15) is 0 Å². The van der Waals surface area contributed by atoms with Gasteiger partial charge in [0, 0.05) is 0 Å². The molecule has 0 N–H and O–H groups in total. The zero-order valence-corrected chi connectivity index (χ0v) is 10.2. The molecule has 0 heterocycles. The Bertz CT molecular complexity index is 127. The molecule has 0 bridgehead atoms. The van der Waals surface area contributed by atoms with Gasteiger partial charge in [-0.15, -0.1) is 0 Å². The minimum absolute atomic E-state index is 0.990. The molecule has 0 nitrogen and oxygen atoms in total. The Morgan fingerprint density at radius 1 is 1.07 bits per heavy atom. The summed E-state index contributed by atoms with van der Waals surface area (Å²) in [5, 5.41) is 0. The summed E-state index contributed by atoms with van der Waals surface area (Å²) in [4.78, 5) is 0. The molecule has 1 heteroatoms. The molecular formula is C13H27B. The molecule has 0 radical (unpaired) electrons. The monoisotopic (exact) mass is 194 g/mol. The minimum Gasteiger partial charge on any atom is -0.0861 e. The van der Waals surface area contributed by atoms with Crippen molar-refractivity contribution in [1.29, 1.82) is 0 Å². The molecule has 1 aliphatic carbocycles. The van der Waals surface area contributed by atoms with E-state index in [-0.39, 0.29) is 0 Å². The summed E-state index contributed by atoms with van der Waals surface area (Å²) in [5.74, 6) is 1.08. The molecule has 0 atom stereocenters. The minimum atomic E-state index is 0.990. The van der Waals surface area contributed by atoms with Gasteiger partial charge in [-0.25, -0.2) is 0 Å². The number of hydrogen-bond acceptors (Lipinski definition) is 0. The zero-order chi connectivity index (χ0) is 10.2. The van der Waals surface area contributed by atoms with Crippen LogP contribution in [0.3, 0.4) is 0 Å². The Morgan fingerprint density at radius 3 is 2.43 bits per heavy atom. The Morgan fingerprint density at radius 2 is 1.79 bits per heavy atom. The molecule has 0 aromatic heterocycles. The quantitative estimate of drug-likeness (QED) is 0.417. The fourth-order valence-electron chi connectivity index (χ4n) is 2.85. The van der Waals surface area contributed by atoms with Crippen LogP contribution in [0.2, 0.25) is 19.5 Å². The molecule has 0 saturated heterocycles. The first-order chi connectivity index (χ1) is 6.83. The smallest absolute Gasteiger partial charge is 0.0861 e. The third-order valence-electron chi connectivity index (χ3n) is 3.76. The molecule has 0 aliphatic heterocycles. The Hall–Kier alpha value is 0.0649. The van der Waals surface area contributed by atoms with Crippen LogP contribution in [-0.4, -0.2) is 6.71 Å². The van der Waals surface area contributed by atoms with Gasteiger partial charge in [-0.1, -0.05) is 77.8 Å². The predicted molar refractivity (Wildman–Crippen MR) is 67.3 cm³/mol. The summed E-state index contributed by atoms with van der Waals surface area (Å²) in [7, 11) is 0. The molecule has 0 spiro atoms. The van der Waals surface area contributed by atoms with Gasteiger partial charge in [0.2, 0.25) is 0 Å². The maximum atomic E-state index is 2.46. The average molecular weight is 194 g/mol. The van der Waals surface area contributed by atoms with Crippen LogP contribution in [0.5, 0.6) is 0 Å². The normalized spacial score (nSPS) is 18.4. The molecule has 0 unspecified atom stereocenters. The van der Waals surface area contributed by atoms with E-state index in [1.165, 1.54) is 64.0 Å². The molecule has 1 rings (SSSR count). The van der Waals surface area contributed by atoms with Crippen LogP contribution >= 0.6 is 0 Å². The maximum Gasteiger partial charge on any atom is 0.136 e. The van der Waals surface area contributed by atoms with Crippen molar-refractivity contribution in [1.82, 2.24) is 0 Å². The van der Waals surface area contributed by atoms with Gasteiger partial charge >= 0.3 is 0 Å². The van der Waals surface area contributed by atoms with E-state index >= 15 is 0 Å². The van der Waals surface area contributed by atoms with Crippen molar-refractivity contribution >= 4 is 6.71 Å². The molecule has 0 aromatic carbocycles. The van der Waals surface area contributed by atoms with Gasteiger partial charge in [0.15, 0.2) is 0 Å². The van der Waals surface area contributed by atoms with E-state index in [0.717, 1.165) is 12.6 Å². The second kappa shape index (κ2) is 7.37. The van der Waals surface area contributed by atoms with E-state index in [4.69, 9.17) is 0 Å². The molecule has 1 aliphatic rings. The lowest BCUT2D eigenvalue weighted by atomic mass is 9.44. The largest absolute Gasteiger partial charge is 0.136 e. The van der Waals surface area contributed by atoms with E-state index in [1.54, 1.807) is 0 Å². The highest BCUT2D eigenvalue weighted by atomic mass is 14.2. The van der Waals surface area contributed by atoms with Crippen LogP contribution in [-0.2, 0) is 0 Å².